The molecule has 2 amide bonds. The summed E-state index contributed by atoms with van der Waals surface area (Å²) in [5.41, 5.74) is 0.817. The second-order valence-corrected chi connectivity index (χ2v) is 7.83. The molecule has 0 saturated heterocycles. The van der Waals surface area contributed by atoms with Crippen molar-refractivity contribution in [2.24, 2.45) is 0 Å². The number of carbonyl (C=O) groups excluding carboxylic acids is 2. The van der Waals surface area contributed by atoms with E-state index in [-0.39, 0.29) is 22.9 Å². The predicted molar refractivity (Wildman–Crippen MR) is 104 cm³/mol. The van der Waals surface area contributed by atoms with E-state index in [0.717, 1.165) is 6.42 Å². The van der Waals surface area contributed by atoms with Crippen LogP contribution in [0.4, 0.5) is 5.69 Å². The zero-order valence-electron chi connectivity index (χ0n) is 15.3. The third-order valence-electron chi connectivity index (χ3n) is 3.88. The van der Waals surface area contributed by atoms with E-state index in [1.165, 1.54) is 35.6 Å². The van der Waals surface area contributed by atoms with Gasteiger partial charge in [0.25, 0.3) is 15.9 Å². The van der Waals surface area contributed by atoms with Crippen molar-refractivity contribution in [2.45, 2.75) is 18.2 Å². The van der Waals surface area contributed by atoms with Crippen molar-refractivity contribution < 1.29 is 18.0 Å². The summed E-state index contributed by atoms with van der Waals surface area (Å²) in [6.45, 7) is 2.36. The number of para-hydroxylation sites is 1. The number of hydrogen-bond acceptors (Lipinski definition) is 4. The largest absolute Gasteiger partial charge is 0.355 e. The summed E-state index contributed by atoms with van der Waals surface area (Å²) in [7, 11) is -2.26. The second kappa shape index (κ2) is 9.18. The highest BCUT2D eigenvalue weighted by Crippen LogP contribution is 2.21. The molecule has 2 aromatic rings. The first-order chi connectivity index (χ1) is 12.9. The fourth-order valence-electron chi connectivity index (χ4n) is 2.30. The summed E-state index contributed by atoms with van der Waals surface area (Å²) in [6.07, 6.45) is 0.813. The van der Waals surface area contributed by atoms with Gasteiger partial charge >= 0.3 is 0 Å². The first-order valence-corrected chi connectivity index (χ1v) is 9.99. The Bertz CT molecular complexity index is 881. The van der Waals surface area contributed by atoms with E-state index in [9.17, 15) is 18.0 Å². The molecule has 2 N–H and O–H groups in total. The van der Waals surface area contributed by atoms with Crippen molar-refractivity contribution in [3.05, 3.63) is 60.2 Å². The monoisotopic (exact) mass is 389 g/mol. The number of hydrogen-bond donors (Lipinski definition) is 2. The van der Waals surface area contributed by atoms with Crippen molar-refractivity contribution in [1.29, 1.82) is 0 Å². The van der Waals surface area contributed by atoms with Gasteiger partial charge in [0.1, 0.15) is 0 Å². The summed E-state index contributed by atoms with van der Waals surface area (Å²) in [4.78, 5) is 23.7. The van der Waals surface area contributed by atoms with Crippen LogP contribution in [0.25, 0.3) is 0 Å². The predicted octanol–water partition coefficient (Wildman–Crippen LogP) is 1.77. The molecule has 0 aliphatic rings. The molecule has 2 aromatic carbocycles. The van der Waals surface area contributed by atoms with Crippen LogP contribution in [0, 0.1) is 0 Å². The molecule has 0 aliphatic heterocycles. The van der Waals surface area contributed by atoms with Crippen LogP contribution in [0.2, 0.25) is 0 Å². The smallest absolute Gasteiger partial charge is 0.264 e. The topological polar surface area (TPSA) is 95.6 Å². The Morgan fingerprint density at radius 2 is 1.59 bits per heavy atom. The lowest BCUT2D eigenvalue weighted by atomic mass is 10.2. The van der Waals surface area contributed by atoms with Crippen molar-refractivity contribution >= 4 is 27.5 Å². The molecule has 144 valence electrons. The molecular weight excluding hydrogens is 366 g/mol. The van der Waals surface area contributed by atoms with E-state index in [2.05, 4.69) is 10.6 Å². The van der Waals surface area contributed by atoms with Gasteiger partial charge in [-0.25, -0.2) is 8.42 Å². The summed E-state index contributed by atoms with van der Waals surface area (Å²) in [6, 6.07) is 14.3. The van der Waals surface area contributed by atoms with Gasteiger partial charge < -0.3 is 10.6 Å². The highest BCUT2D eigenvalue weighted by atomic mass is 32.2. The lowest BCUT2D eigenvalue weighted by Gasteiger charge is -2.19. The van der Waals surface area contributed by atoms with Crippen molar-refractivity contribution in [1.82, 2.24) is 10.6 Å². The van der Waals surface area contributed by atoms with Crippen LogP contribution in [0.15, 0.2) is 59.5 Å². The number of nitrogens with zero attached hydrogens (tertiary/aromatic N) is 1. The van der Waals surface area contributed by atoms with E-state index in [1.807, 2.05) is 6.92 Å². The van der Waals surface area contributed by atoms with Gasteiger partial charge in [-0.2, -0.15) is 0 Å². The molecule has 8 heteroatoms. The molecule has 27 heavy (non-hydrogen) atoms. The lowest BCUT2D eigenvalue weighted by molar-refractivity contribution is -0.120. The van der Waals surface area contributed by atoms with Crippen LogP contribution in [0.1, 0.15) is 23.7 Å². The number of benzene rings is 2. The van der Waals surface area contributed by atoms with Gasteiger partial charge in [0.15, 0.2) is 0 Å². The maximum absolute atomic E-state index is 12.7. The minimum absolute atomic E-state index is 0.0751. The molecule has 0 unspecified atom stereocenters. The van der Waals surface area contributed by atoms with Crippen LogP contribution in [0.5, 0.6) is 0 Å². The molecule has 0 atom stereocenters. The molecule has 0 aliphatic carbocycles. The van der Waals surface area contributed by atoms with Gasteiger partial charge in [-0.05, 0) is 42.8 Å². The molecule has 7 nitrogen and oxygen atoms in total. The Morgan fingerprint density at radius 3 is 2.19 bits per heavy atom. The zero-order valence-corrected chi connectivity index (χ0v) is 16.1. The Kier molecular flexibility index (Phi) is 6.95. The quantitative estimate of drug-likeness (QED) is 0.719. The molecule has 2 rings (SSSR count). The number of anilines is 1. The SMILES string of the molecule is CCCNC(=O)CNC(=O)c1ccc(S(=O)(=O)N(C)c2ccccc2)cc1. The summed E-state index contributed by atoms with van der Waals surface area (Å²) >= 11 is 0. The van der Waals surface area contributed by atoms with E-state index in [0.29, 0.717) is 12.2 Å². The van der Waals surface area contributed by atoms with Crippen LogP contribution >= 0.6 is 0 Å². The number of rotatable bonds is 8. The third-order valence-corrected chi connectivity index (χ3v) is 5.68. The lowest BCUT2D eigenvalue weighted by Crippen LogP contribution is -2.37. The van der Waals surface area contributed by atoms with Gasteiger partial charge in [0.05, 0.1) is 17.1 Å². The minimum atomic E-state index is -3.73. The maximum atomic E-state index is 12.7. The molecule has 0 heterocycles. The average molecular weight is 389 g/mol. The van der Waals surface area contributed by atoms with E-state index in [4.69, 9.17) is 0 Å². The van der Waals surface area contributed by atoms with Gasteiger partial charge in [0.2, 0.25) is 5.91 Å². The second-order valence-electron chi connectivity index (χ2n) is 5.87. The molecule has 0 radical (unpaired) electrons. The van der Waals surface area contributed by atoms with Crippen LogP contribution in [0.3, 0.4) is 0 Å². The number of nitrogens with one attached hydrogen (secondary N) is 2. The first kappa shape index (κ1) is 20.4. The molecule has 0 aromatic heterocycles. The summed E-state index contributed by atoms with van der Waals surface area (Å²) in [5.74, 6) is -0.712. The Hall–Kier alpha value is -2.87. The molecular formula is C19H23N3O4S. The fraction of sp³-hybridized carbons (Fsp3) is 0.263. The van der Waals surface area contributed by atoms with Crippen LogP contribution in [-0.2, 0) is 14.8 Å². The van der Waals surface area contributed by atoms with Gasteiger partial charge in [-0.1, -0.05) is 25.1 Å². The van der Waals surface area contributed by atoms with Gasteiger partial charge in [-0.3, -0.25) is 13.9 Å². The average Bonchev–Trinajstić information content (AvgIpc) is 2.70. The molecule has 0 fully saturated rings. The summed E-state index contributed by atoms with van der Waals surface area (Å²) < 4.78 is 26.6. The Balaban J connectivity index is 2.05. The molecule has 0 bridgehead atoms. The van der Waals surface area contributed by atoms with Crippen molar-refractivity contribution in [2.75, 3.05) is 24.4 Å². The third kappa shape index (κ3) is 5.30. The maximum Gasteiger partial charge on any atom is 0.264 e. The van der Waals surface area contributed by atoms with Gasteiger partial charge in [-0.15, -0.1) is 0 Å². The highest BCUT2D eigenvalue weighted by molar-refractivity contribution is 7.92. The number of amides is 2. The van der Waals surface area contributed by atoms with E-state index >= 15 is 0 Å². The Morgan fingerprint density at radius 1 is 0.963 bits per heavy atom. The summed E-state index contributed by atoms with van der Waals surface area (Å²) in [5, 5.41) is 5.16. The fourth-order valence-corrected chi connectivity index (χ4v) is 3.50. The highest BCUT2D eigenvalue weighted by Gasteiger charge is 2.21. The van der Waals surface area contributed by atoms with Crippen molar-refractivity contribution in [3.8, 4) is 0 Å². The molecule has 0 saturated carbocycles. The minimum Gasteiger partial charge on any atom is -0.355 e. The number of sulfonamides is 1. The normalized spacial score (nSPS) is 10.9. The van der Waals surface area contributed by atoms with Gasteiger partial charge in [0, 0.05) is 19.2 Å². The zero-order chi connectivity index (χ0) is 19.9. The van der Waals surface area contributed by atoms with Crippen LogP contribution in [-0.4, -0.2) is 40.4 Å². The van der Waals surface area contributed by atoms with E-state index < -0.39 is 15.9 Å². The van der Waals surface area contributed by atoms with Crippen LogP contribution < -0.4 is 14.9 Å². The number of carbonyl (C=O) groups is 2. The standard InChI is InChI=1S/C19H23N3O4S/c1-3-13-20-18(23)14-21-19(24)15-9-11-17(12-10-15)27(25,26)22(2)16-7-5-4-6-8-16/h4-12H,3,13-14H2,1-2H3,(H,20,23)(H,21,24). The van der Waals surface area contributed by atoms with E-state index in [1.54, 1.807) is 30.3 Å². The molecule has 0 spiro atoms. The first-order valence-electron chi connectivity index (χ1n) is 8.55. The van der Waals surface area contributed by atoms with Crippen molar-refractivity contribution in [3.63, 3.8) is 0 Å². The Labute approximate surface area is 159 Å².